The predicted molar refractivity (Wildman–Crippen MR) is 151 cm³/mol. The fourth-order valence-corrected chi connectivity index (χ4v) is 7.27. The van der Waals surface area contributed by atoms with Crippen molar-refractivity contribution in [3.63, 3.8) is 0 Å². The number of nitrogens with zero attached hydrogens (tertiary/aromatic N) is 1. The number of benzene rings is 2. The molecule has 5 aliphatic rings. The second-order valence-corrected chi connectivity index (χ2v) is 11.5. The van der Waals surface area contributed by atoms with Crippen LogP contribution >= 0.6 is 0 Å². The van der Waals surface area contributed by atoms with Crippen LogP contribution in [0.4, 0.5) is 5.69 Å². The molecular formula is C32H26BNO8. The molecule has 4 atom stereocenters. The number of ether oxygens (including phenoxy) is 1. The van der Waals surface area contributed by atoms with Gasteiger partial charge in [-0.15, -0.1) is 0 Å². The molecule has 7 rings (SSSR count). The third-order valence-electron chi connectivity index (χ3n) is 9.14. The zero-order valence-electron chi connectivity index (χ0n) is 22.6. The molecule has 2 heterocycles. The van der Waals surface area contributed by atoms with Gasteiger partial charge in [0.25, 0.3) is 0 Å². The maximum absolute atomic E-state index is 14.0. The fourth-order valence-electron chi connectivity index (χ4n) is 7.27. The number of hydrogen-bond acceptors (Lipinski definition) is 8. The standard InChI is InChI=1S/C32H26BNO8/c1-15-9-25(36)29-24(30(15)37)13-23-21(27(29)17-10-16-11-20(35)5-8-26(16)42-14-17)6-7-22-28(23)32(39)34(31(22)38)19-4-2-3-18(12-19)33(40)41/h2-6,8-9,11-12,14,22-23,27-28,35,40-41H,7,10,13H2,1H3. The zero-order chi connectivity index (χ0) is 29.4. The molecule has 10 heteroatoms. The van der Waals surface area contributed by atoms with Crippen molar-refractivity contribution < 1.29 is 39.1 Å². The van der Waals surface area contributed by atoms with Gasteiger partial charge >= 0.3 is 7.12 Å². The van der Waals surface area contributed by atoms with Crippen LogP contribution in [-0.4, -0.2) is 45.7 Å². The van der Waals surface area contributed by atoms with E-state index in [0.29, 0.717) is 28.9 Å². The number of rotatable bonds is 3. The number of allylic oxidation sites excluding steroid dienone is 7. The average molecular weight is 563 g/mol. The molecule has 2 aliphatic heterocycles. The largest absolute Gasteiger partial charge is 0.508 e. The Balaban J connectivity index is 1.32. The Labute approximate surface area is 241 Å². The molecule has 0 bridgehead atoms. The van der Waals surface area contributed by atoms with Crippen LogP contribution in [0.1, 0.15) is 25.3 Å². The molecule has 3 N–H and O–H groups in total. The smallest absolute Gasteiger partial charge is 0.488 e. The normalized spacial score (nSPS) is 26.5. The number of hydrogen-bond donors (Lipinski definition) is 3. The van der Waals surface area contributed by atoms with Gasteiger partial charge in [0.05, 0.1) is 23.8 Å². The van der Waals surface area contributed by atoms with Crippen molar-refractivity contribution >= 4 is 41.6 Å². The molecule has 2 amide bonds. The van der Waals surface area contributed by atoms with E-state index in [4.69, 9.17) is 4.74 Å². The van der Waals surface area contributed by atoms with Crippen molar-refractivity contribution in [1.82, 2.24) is 0 Å². The highest BCUT2D eigenvalue weighted by Crippen LogP contribution is 2.55. The summed E-state index contributed by atoms with van der Waals surface area (Å²) in [5, 5.41) is 29.4. The number of Topliss-reactive ketones (excluding diaryl/α,β-unsaturated/α-hetero) is 1. The highest BCUT2D eigenvalue weighted by molar-refractivity contribution is 6.58. The van der Waals surface area contributed by atoms with Gasteiger partial charge in [0.1, 0.15) is 11.5 Å². The summed E-state index contributed by atoms with van der Waals surface area (Å²) in [6.45, 7) is 1.60. The molecule has 1 saturated heterocycles. The topological polar surface area (TPSA) is 141 Å². The molecule has 1 fully saturated rings. The van der Waals surface area contributed by atoms with Crippen molar-refractivity contribution in [1.29, 1.82) is 0 Å². The van der Waals surface area contributed by atoms with Gasteiger partial charge in [-0.3, -0.25) is 24.1 Å². The van der Waals surface area contributed by atoms with E-state index in [2.05, 4.69) is 0 Å². The molecule has 0 spiro atoms. The number of carbonyl (C=O) groups is 4. The van der Waals surface area contributed by atoms with Gasteiger partial charge in [-0.1, -0.05) is 23.8 Å². The van der Waals surface area contributed by atoms with E-state index in [9.17, 15) is 34.3 Å². The molecule has 2 aromatic rings. The van der Waals surface area contributed by atoms with Crippen molar-refractivity contribution in [2.45, 2.75) is 26.2 Å². The third-order valence-corrected chi connectivity index (χ3v) is 9.14. The average Bonchev–Trinajstić information content (AvgIpc) is 3.23. The summed E-state index contributed by atoms with van der Waals surface area (Å²) >= 11 is 0. The second kappa shape index (κ2) is 9.50. The maximum atomic E-state index is 14.0. The van der Waals surface area contributed by atoms with Crippen LogP contribution in [0, 0.1) is 23.7 Å². The molecule has 0 radical (unpaired) electrons. The minimum atomic E-state index is -1.76. The summed E-state index contributed by atoms with van der Waals surface area (Å²) in [5.41, 5.74) is 3.74. The fraction of sp³-hybridized carbons (Fsp3) is 0.250. The Hall–Kier alpha value is -4.54. The Morgan fingerprint density at radius 1 is 1.00 bits per heavy atom. The lowest BCUT2D eigenvalue weighted by Gasteiger charge is -2.43. The van der Waals surface area contributed by atoms with E-state index in [1.807, 2.05) is 6.08 Å². The molecule has 2 aromatic carbocycles. The van der Waals surface area contributed by atoms with Crippen LogP contribution in [0.15, 0.2) is 88.7 Å². The molecule has 9 nitrogen and oxygen atoms in total. The van der Waals surface area contributed by atoms with Crippen molar-refractivity contribution in [2.24, 2.45) is 23.7 Å². The summed E-state index contributed by atoms with van der Waals surface area (Å²) in [6.07, 6.45) is 5.68. The van der Waals surface area contributed by atoms with Crippen molar-refractivity contribution in [2.75, 3.05) is 4.90 Å². The maximum Gasteiger partial charge on any atom is 0.488 e. The summed E-state index contributed by atoms with van der Waals surface area (Å²) in [5.74, 6) is -3.18. The number of fused-ring (bicyclic) bond motifs is 4. The Morgan fingerprint density at radius 3 is 2.60 bits per heavy atom. The number of amides is 2. The monoisotopic (exact) mass is 563 g/mol. The van der Waals surface area contributed by atoms with E-state index in [0.717, 1.165) is 21.6 Å². The number of ketones is 2. The molecular weight excluding hydrogens is 537 g/mol. The number of carbonyl (C=O) groups excluding carboxylic acids is 4. The lowest BCUT2D eigenvalue weighted by Crippen LogP contribution is -2.41. The molecule has 42 heavy (non-hydrogen) atoms. The summed E-state index contributed by atoms with van der Waals surface area (Å²) < 4.78 is 5.91. The van der Waals surface area contributed by atoms with Crippen LogP contribution in [0.2, 0.25) is 0 Å². The molecule has 3 aliphatic carbocycles. The lowest BCUT2D eigenvalue weighted by atomic mass is 9.58. The summed E-state index contributed by atoms with van der Waals surface area (Å²) in [7, 11) is -1.76. The number of anilines is 1. The Morgan fingerprint density at radius 2 is 1.81 bits per heavy atom. The Kier molecular flexibility index (Phi) is 5.97. The van der Waals surface area contributed by atoms with Gasteiger partial charge in [0.15, 0.2) is 11.6 Å². The van der Waals surface area contributed by atoms with E-state index in [1.54, 1.807) is 37.5 Å². The number of imide groups is 1. The van der Waals surface area contributed by atoms with Crippen molar-refractivity contribution in [3.05, 3.63) is 94.3 Å². The first-order valence-electron chi connectivity index (χ1n) is 13.9. The van der Waals surface area contributed by atoms with E-state index in [-0.39, 0.29) is 47.2 Å². The van der Waals surface area contributed by atoms with Gasteiger partial charge in [-0.05, 0) is 73.1 Å². The number of aromatic hydroxyl groups is 1. The SMILES string of the molecule is CC1=CC(=O)C2=C(CC3C(=CCC4C(=O)N(c5cccc(B(O)O)c5)C(=O)C43)C2C2=COc3ccc(O)cc3C2)C1=O. The van der Waals surface area contributed by atoms with E-state index < -0.39 is 36.7 Å². The van der Waals surface area contributed by atoms with Gasteiger partial charge in [0.2, 0.25) is 11.8 Å². The second-order valence-electron chi connectivity index (χ2n) is 11.5. The first-order chi connectivity index (χ1) is 20.1. The summed E-state index contributed by atoms with van der Waals surface area (Å²) in [4.78, 5) is 55.8. The lowest BCUT2D eigenvalue weighted by molar-refractivity contribution is -0.123. The first kappa shape index (κ1) is 26.4. The van der Waals surface area contributed by atoms with E-state index in [1.165, 1.54) is 24.3 Å². The quantitative estimate of drug-likeness (QED) is 0.223. The predicted octanol–water partition coefficient (Wildman–Crippen LogP) is 2.06. The summed E-state index contributed by atoms with van der Waals surface area (Å²) in [6, 6.07) is 10.8. The third kappa shape index (κ3) is 3.86. The minimum absolute atomic E-state index is 0.0789. The first-order valence-corrected chi connectivity index (χ1v) is 13.9. The molecule has 0 aromatic heterocycles. The van der Waals surface area contributed by atoms with Crippen LogP contribution < -0.4 is 15.1 Å². The van der Waals surface area contributed by atoms with Crippen LogP contribution in [0.5, 0.6) is 11.5 Å². The Bertz CT molecular complexity index is 1750. The van der Waals surface area contributed by atoms with Crippen LogP contribution in [0.3, 0.4) is 0 Å². The molecule has 0 saturated carbocycles. The van der Waals surface area contributed by atoms with Gasteiger partial charge in [0, 0.05) is 34.6 Å². The van der Waals surface area contributed by atoms with E-state index >= 15 is 0 Å². The molecule has 4 unspecified atom stereocenters. The highest BCUT2D eigenvalue weighted by atomic mass is 16.5. The molecule has 210 valence electrons. The van der Waals surface area contributed by atoms with Crippen LogP contribution in [0.25, 0.3) is 0 Å². The number of phenolic OH excluding ortho intramolecular Hbond substituents is 1. The van der Waals surface area contributed by atoms with Crippen molar-refractivity contribution in [3.8, 4) is 11.5 Å². The van der Waals surface area contributed by atoms with Gasteiger partial charge in [-0.25, -0.2) is 0 Å². The van der Waals surface area contributed by atoms with Gasteiger partial charge in [-0.2, -0.15) is 0 Å². The number of phenols is 1. The minimum Gasteiger partial charge on any atom is -0.508 e. The zero-order valence-corrected chi connectivity index (χ0v) is 22.6. The van der Waals surface area contributed by atoms with Crippen LogP contribution in [-0.2, 0) is 25.6 Å². The highest BCUT2D eigenvalue weighted by Gasteiger charge is 2.57. The van der Waals surface area contributed by atoms with Gasteiger partial charge < -0.3 is 19.9 Å².